The molecule has 7 nitrogen and oxygen atoms in total. The first kappa shape index (κ1) is 20.5. The van der Waals surface area contributed by atoms with Gasteiger partial charge in [-0.05, 0) is 17.7 Å². The number of nitrogens with zero attached hydrogens (tertiary/aromatic N) is 1. The fourth-order valence-electron chi connectivity index (χ4n) is 1.64. The molecule has 3 N–H and O–H groups in total. The van der Waals surface area contributed by atoms with Crippen molar-refractivity contribution < 1.29 is 19.0 Å². The number of nitrogens with one attached hydrogen (secondary N) is 1. The van der Waals surface area contributed by atoms with Crippen LogP contribution in [-0.2, 0) is 16.0 Å². The molecule has 0 saturated carbocycles. The van der Waals surface area contributed by atoms with Crippen molar-refractivity contribution in [2.45, 2.75) is 6.54 Å². The molecule has 0 aromatic heterocycles. The summed E-state index contributed by atoms with van der Waals surface area (Å²) in [4.78, 5) is 15.9. The van der Waals surface area contributed by atoms with Gasteiger partial charge in [-0.25, -0.2) is 9.79 Å². The fourth-order valence-corrected chi connectivity index (χ4v) is 1.64. The number of carbonyl (C=O) groups excluding carboxylic acids is 1. The van der Waals surface area contributed by atoms with E-state index >= 15 is 0 Å². The smallest absolute Gasteiger partial charge is 0.341 e. The summed E-state index contributed by atoms with van der Waals surface area (Å²) < 4.78 is 14.7. The summed E-state index contributed by atoms with van der Waals surface area (Å²) in [6.45, 7) is 1.48. The van der Waals surface area contributed by atoms with E-state index in [2.05, 4.69) is 10.3 Å². The van der Waals surface area contributed by atoms with Gasteiger partial charge in [0, 0.05) is 13.7 Å². The summed E-state index contributed by atoms with van der Waals surface area (Å²) in [5.41, 5.74) is 6.90. The average Bonchev–Trinajstić information content (AvgIpc) is 2.52. The zero-order chi connectivity index (χ0) is 15.7. The highest BCUT2D eigenvalue weighted by Gasteiger charge is 2.13. The quantitative estimate of drug-likeness (QED) is 0.225. The lowest BCUT2D eigenvalue weighted by Gasteiger charge is -2.09. The van der Waals surface area contributed by atoms with Gasteiger partial charge in [0.05, 0.1) is 27.4 Å². The number of aliphatic imine (C=N–C) groups is 1. The monoisotopic (exact) mass is 423 g/mol. The van der Waals surface area contributed by atoms with Crippen molar-refractivity contribution in [2.75, 3.05) is 34.5 Å². The van der Waals surface area contributed by atoms with Crippen LogP contribution in [0.5, 0.6) is 5.75 Å². The van der Waals surface area contributed by atoms with Crippen LogP contribution in [0.25, 0.3) is 0 Å². The minimum atomic E-state index is -0.455. The number of nitrogens with two attached hydrogens (primary N) is 1. The molecule has 0 radical (unpaired) electrons. The van der Waals surface area contributed by atoms with Gasteiger partial charge in [0.1, 0.15) is 11.3 Å². The highest BCUT2D eigenvalue weighted by molar-refractivity contribution is 14.0. The van der Waals surface area contributed by atoms with Gasteiger partial charge in [-0.15, -0.1) is 24.0 Å². The summed E-state index contributed by atoms with van der Waals surface area (Å²) in [7, 11) is 4.43. The van der Waals surface area contributed by atoms with E-state index < -0.39 is 5.97 Å². The van der Waals surface area contributed by atoms with Gasteiger partial charge in [-0.2, -0.15) is 0 Å². The fraction of sp³-hybridized carbons (Fsp3) is 0.429. The number of benzene rings is 1. The Balaban J connectivity index is 0.00000441. The Morgan fingerprint density at radius 2 is 2.05 bits per heavy atom. The molecule has 0 amide bonds. The van der Waals surface area contributed by atoms with Gasteiger partial charge in [-0.1, -0.05) is 6.07 Å². The molecular weight excluding hydrogens is 401 g/mol. The Kier molecular flexibility index (Phi) is 10.3. The van der Waals surface area contributed by atoms with Gasteiger partial charge < -0.3 is 25.3 Å². The van der Waals surface area contributed by atoms with E-state index in [1.165, 1.54) is 14.2 Å². The third-order valence-corrected chi connectivity index (χ3v) is 2.71. The second-order valence-corrected chi connectivity index (χ2v) is 4.15. The highest BCUT2D eigenvalue weighted by atomic mass is 127. The predicted molar refractivity (Wildman–Crippen MR) is 95.0 cm³/mol. The molecule has 0 aliphatic rings. The van der Waals surface area contributed by atoms with Gasteiger partial charge >= 0.3 is 5.97 Å². The number of hydrogen-bond donors (Lipinski definition) is 2. The number of methoxy groups -OCH3 is 3. The van der Waals surface area contributed by atoms with Gasteiger partial charge in [0.25, 0.3) is 0 Å². The normalized spacial score (nSPS) is 10.6. The van der Waals surface area contributed by atoms with Crippen molar-refractivity contribution in [3.05, 3.63) is 29.3 Å². The molecule has 124 valence electrons. The first-order chi connectivity index (χ1) is 10.1. The summed E-state index contributed by atoms with van der Waals surface area (Å²) in [5.74, 6) is 0.326. The molecule has 0 fully saturated rings. The zero-order valence-electron chi connectivity index (χ0n) is 12.9. The maximum atomic E-state index is 11.7. The predicted octanol–water partition coefficient (Wildman–Crippen LogP) is 1.15. The molecule has 1 aromatic carbocycles. The Labute approximate surface area is 147 Å². The number of ether oxygens (including phenoxy) is 3. The first-order valence-electron chi connectivity index (χ1n) is 6.40. The molecule has 0 spiro atoms. The summed E-state index contributed by atoms with van der Waals surface area (Å²) in [6, 6.07) is 5.19. The largest absolute Gasteiger partial charge is 0.496 e. The second-order valence-electron chi connectivity index (χ2n) is 4.15. The second kappa shape index (κ2) is 11.1. The van der Waals surface area contributed by atoms with Gasteiger partial charge in [0.15, 0.2) is 5.96 Å². The Bertz CT molecular complexity index is 509. The third-order valence-electron chi connectivity index (χ3n) is 2.71. The van der Waals surface area contributed by atoms with Gasteiger partial charge in [-0.3, -0.25) is 0 Å². The third kappa shape index (κ3) is 6.48. The van der Waals surface area contributed by atoms with E-state index in [0.717, 1.165) is 5.56 Å². The molecule has 0 bridgehead atoms. The van der Waals surface area contributed by atoms with Crippen LogP contribution in [0.1, 0.15) is 15.9 Å². The standard InChI is InChI=1S/C14H21N3O4.HI/c1-19-7-6-16-14(15)17-9-10-4-5-12(20-2)11(8-10)13(18)21-3;/h4-5,8H,6-7,9H2,1-3H3,(H3,15,16,17);1H. The van der Waals surface area contributed by atoms with Crippen LogP contribution >= 0.6 is 24.0 Å². The molecule has 1 aromatic rings. The number of carbonyl (C=O) groups is 1. The van der Waals surface area contributed by atoms with Crippen LogP contribution in [0.3, 0.4) is 0 Å². The van der Waals surface area contributed by atoms with E-state index in [9.17, 15) is 4.79 Å². The molecule has 0 atom stereocenters. The molecule has 0 saturated heterocycles. The molecule has 0 heterocycles. The number of guanidine groups is 1. The van der Waals surface area contributed by atoms with Crippen LogP contribution in [0.2, 0.25) is 0 Å². The number of esters is 1. The van der Waals surface area contributed by atoms with Crippen LogP contribution in [0.15, 0.2) is 23.2 Å². The van der Waals surface area contributed by atoms with E-state index in [0.29, 0.717) is 37.0 Å². The Morgan fingerprint density at radius 1 is 1.32 bits per heavy atom. The minimum absolute atomic E-state index is 0. The number of rotatable bonds is 7. The van der Waals surface area contributed by atoms with Crippen molar-refractivity contribution in [3.8, 4) is 5.75 Å². The minimum Gasteiger partial charge on any atom is -0.496 e. The summed E-state index contributed by atoms with van der Waals surface area (Å²) in [5, 5.41) is 2.91. The molecule has 0 aliphatic carbocycles. The molecule has 0 unspecified atom stereocenters. The van der Waals surface area contributed by atoms with Crippen molar-refractivity contribution in [1.82, 2.24) is 5.32 Å². The molecule has 8 heteroatoms. The van der Waals surface area contributed by atoms with Crippen molar-refractivity contribution in [3.63, 3.8) is 0 Å². The van der Waals surface area contributed by atoms with Crippen LogP contribution in [-0.4, -0.2) is 46.4 Å². The maximum Gasteiger partial charge on any atom is 0.341 e. The van der Waals surface area contributed by atoms with Crippen LogP contribution in [0, 0.1) is 0 Å². The number of halogens is 1. The van der Waals surface area contributed by atoms with Crippen molar-refractivity contribution >= 4 is 35.9 Å². The first-order valence-corrected chi connectivity index (χ1v) is 6.40. The van der Waals surface area contributed by atoms with Crippen molar-refractivity contribution in [2.24, 2.45) is 10.7 Å². The molecule has 22 heavy (non-hydrogen) atoms. The molecular formula is C14H22IN3O4. The van der Waals surface area contributed by atoms with E-state index in [1.54, 1.807) is 19.2 Å². The maximum absolute atomic E-state index is 11.7. The Hall–Kier alpha value is -1.55. The topological polar surface area (TPSA) is 95.2 Å². The lowest BCUT2D eigenvalue weighted by atomic mass is 10.1. The van der Waals surface area contributed by atoms with E-state index in [1.807, 2.05) is 6.07 Å². The van der Waals surface area contributed by atoms with Crippen LogP contribution < -0.4 is 15.8 Å². The highest BCUT2D eigenvalue weighted by Crippen LogP contribution is 2.21. The average molecular weight is 423 g/mol. The summed E-state index contributed by atoms with van der Waals surface area (Å²) in [6.07, 6.45) is 0. The van der Waals surface area contributed by atoms with Gasteiger partial charge in [0.2, 0.25) is 0 Å². The zero-order valence-corrected chi connectivity index (χ0v) is 15.2. The molecule has 1 rings (SSSR count). The van der Waals surface area contributed by atoms with E-state index in [-0.39, 0.29) is 24.0 Å². The number of hydrogen-bond acceptors (Lipinski definition) is 5. The SMILES string of the molecule is COCCNC(N)=NCc1ccc(OC)c(C(=O)OC)c1.I. The van der Waals surface area contributed by atoms with Crippen molar-refractivity contribution in [1.29, 1.82) is 0 Å². The Morgan fingerprint density at radius 3 is 2.64 bits per heavy atom. The lowest BCUT2D eigenvalue weighted by molar-refractivity contribution is 0.0597. The van der Waals surface area contributed by atoms with Crippen LogP contribution in [0.4, 0.5) is 0 Å². The molecule has 0 aliphatic heterocycles. The lowest BCUT2D eigenvalue weighted by Crippen LogP contribution is -2.34. The summed E-state index contributed by atoms with van der Waals surface area (Å²) >= 11 is 0. The van der Waals surface area contributed by atoms with E-state index in [4.69, 9.17) is 19.9 Å².